The number of aromatic nitrogens is 3. The zero-order chi connectivity index (χ0) is 21.8. The summed E-state index contributed by atoms with van der Waals surface area (Å²) in [4.78, 5) is 17.8. The maximum atomic E-state index is 6.21. The van der Waals surface area contributed by atoms with Crippen molar-refractivity contribution in [3.63, 3.8) is 0 Å². The van der Waals surface area contributed by atoms with Gasteiger partial charge in [0.25, 0.3) is 0 Å². The lowest BCUT2D eigenvalue weighted by Gasteiger charge is -2.35. The third kappa shape index (κ3) is 5.15. The van der Waals surface area contributed by atoms with Crippen molar-refractivity contribution in [2.45, 2.75) is 13.5 Å². The van der Waals surface area contributed by atoms with Crippen molar-refractivity contribution in [1.29, 1.82) is 0 Å². The number of rotatable bonds is 6. The summed E-state index contributed by atoms with van der Waals surface area (Å²) in [7, 11) is 1.69. The Morgan fingerprint density at radius 2 is 1.84 bits per heavy atom. The molecule has 0 atom stereocenters. The number of halogens is 1. The molecule has 162 valence electrons. The van der Waals surface area contributed by atoms with Crippen molar-refractivity contribution in [2.75, 3.05) is 49.2 Å². The fourth-order valence-electron chi connectivity index (χ4n) is 3.60. The van der Waals surface area contributed by atoms with Crippen LogP contribution in [0.25, 0.3) is 0 Å². The molecule has 4 rings (SSSR count). The molecule has 9 heteroatoms. The molecular weight excluding hydrogens is 414 g/mol. The molecule has 0 amide bonds. The van der Waals surface area contributed by atoms with E-state index < -0.39 is 0 Å². The van der Waals surface area contributed by atoms with Crippen molar-refractivity contribution in [3.8, 4) is 5.75 Å². The fraction of sp³-hybridized carbons (Fsp3) is 0.318. The molecule has 8 nitrogen and oxygen atoms in total. The third-order valence-corrected chi connectivity index (χ3v) is 5.78. The van der Waals surface area contributed by atoms with E-state index in [0.717, 1.165) is 43.2 Å². The summed E-state index contributed by atoms with van der Waals surface area (Å²) >= 11 is 6.21. The highest BCUT2D eigenvalue weighted by molar-refractivity contribution is 6.31. The number of benzene rings is 2. The number of nitrogens with one attached hydrogen (secondary N) is 1. The fourth-order valence-corrected chi connectivity index (χ4v) is 3.77. The van der Waals surface area contributed by atoms with Crippen LogP contribution in [0, 0.1) is 6.92 Å². The Hall–Kier alpha value is -3.10. The molecular formula is C22H26ClN7O. The number of nitrogen functional groups attached to an aromatic ring is 1. The van der Waals surface area contributed by atoms with E-state index in [1.54, 1.807) is 7.11 Å². The van der Waals surface area contributed by atoms with Gasteiger partial charge in [0.15, 0.2) is 0 Å². The van der Waals surface area contributed by atoms with E-state index >= 15 is 0 Å². The molecule has 1 fully saturated rings. The van der Waals surface area contributed by atoms with Gasteiger partial charge in [-0.1, -0.05) is 23.7 Å². The van der Waals surface area contributed by atoms with Gasteiger partial charge >= 0.3 is 0 Å². The summed E-state index contributed by atoms with van der Waals surface area (Å²) in [6.07, 6.45) is 0. The van der Waals surface area contributed by atoms with Crippen LogP contribution in [0.5, 0.6) is 5.75 Å². The van der Waals surface area contributed by atoms with Gasteiger partial charge in [-0.15, -0.1) is 0 Å². The molecule has 3 N–H and O–H groups in total. The van der Waals surface area contributed by atoms with Gasteiger partial charge in [0.2, 0.25) is 11.9 Å². The monoisotopic (exact) mass is 439 g/mol. The average Bonchev–Trinajstić information content (AvgIpc) is 2.77. The van der Waals surface area contributed by atoms with Gasteiger partial charge in [0.1, 0.15) is 11.6 Å². The van der Waals surface area contributed by atoms with Crippen LogP contribution in [-0.4, -0.2) is 53.1 Å². The highest BCUT2D eigenvalue weighted by atomic mass is 35.5. The molecule has 0 spiro atoms. The van der Waals surface area contributed by atoms with Gasteiger partial charge in [-0.05, 0) is 36.8 Å². The van der Waals surface area contributed by atoms with E-state index in [-0.39, 0.29) is 5.95 Å². The number of anilines is 4. The lowest BCUT2D eigenvalue weighted by atomic mass is 10.2. The average molecular weight is 440 g/mol. The molecule has 3 aromatic rings. The summed E-state index contributed by atoms with van der Waals surface area (Å²) in [5, 5.41) is 3.89. The van der Waals surface area contributed by atoms with Gasteiger partial charge in [-0.2, -0.15) is 15.0 Å². The third-order valence-electron chi connectivity index (χ3n) is 5.37. The second kappa shape index (κ2) is 9.36. The molecule has 2 aromatic carbocycles. The molecule has 0 unspecified atom stereocenters. The molecule has 1 aromatic heterocycles. The van der Waals surface area contributed by atoms with Gasteiger partial charge in [0.05, 0.1) is 13.7 Å². The number of piperazine rings is 1. The number of methoxy groups -OCH3 is 1. The Labute approximate surface area is 187 Å². The van der Waals surface area contributed by atoms with E-state index in [1.807, 2.05) is 37.3 Å². The van der Waals surface area contributed by atoms with Crippen LogP contribution >= 0.6 is 11.6 Å². The molecule has 2 heterocycles. The Morgan fingerprint density at radius 3 is 2.61 bits per heavy atom. The van der Waals surface area contributed by atoms with Crippen molar-refractivity contribution in [2.24, 2.45) is 0 Å². The Kier molecular flexibility index (Phi) is 6.39. The summed E-state index contributed by atoms with van der Waals surface area (Å²) in [5.41, 5.74) is 8.89. The SMILES string of the molecule is COc1cccc(N2CCN(Cc3nc(N)nc(Nc4cccc(Cl)c4C)n3)CC2)c1. The molecule has 0 aliphatic carbocycles. The van der Waals surface area contributed by atoms with E-state index in [2.05, 4.69) is 42.2 Å². The quantitative estimate of drug-likeness (QED) is 0.603. The zero-order valence-electron chi connectivity index (χ0n) is 17.7. The first-order valence-corrected chi connectivity index (χ1v) is 10.5. The molecule has 1 aliphatic heterocycles. The maximum absolute atomic E-state index is 6.21. The van der Waals surface area contributed by atoms with Crippen LogP contribution < -0.4 is 20.7 Å². The lowest BCUT2D eigenvalue weighted by molar-refractivity contribution is 0.244. The smallest absolute Gasteiger partial charge is 0.232 e. The van der Waals surface area contributed by atoms with Crippen LogP contribution in [-0.2, 0) is 6.54 Å². The number of hydrogen-bond acceptors (Lipinski definition) is 8. The minimum Gasteiger partial charge on any atom is -0.497 e. The van der Waals surface area contributed by atoms with Gasteiger partial charge in [0, 0.05) is 48.6 Å². The Morgan fingerprint density at radius 1 is 1.06 bits per heavy atom. The summed E-state index contributed by atoms with van der Waals surface area (Å²) in [6, 6.07) is 13.8. The Balaban J connectivity index is 1.40. The number of hydrogen-bond donors (Lipinski definition) is 2. The predicted octanol–water partition coefficient (Wildman–Crippen LogP) is 3.49. The van der Waals surface area contributed by atoms with Crippen LogP contribution in [0.3, 0.4) is 0 Å². The second-order valence-corrected chi connectivity index (χ2v) is 7.84. The van der Waals surface area contributed by atoms with Crippen molar-refractivity contribution < 1.29 is 4.74 Å². The summed E-state index contributed by atoms with van der Waals surface area (Å²) in [5.74, 6) is 2.13. The standard InChI is InChI=1S/C22H26ClN7O/c1-15-18(23)7-4-8-19(15)25-22-27-20(26-21(24)28-22)14-29-9-11-30(12-10-29)16-5-3-6-17(13-16)31-2/h3-8,13H,9-12,14H2,1-2H3,(H3,24,25,26,27,28). The van der Waals surface area contributed by atoms with Crippen molar-refractivity contribution >= 4 is 34.9 Å². The molecule has 1 saturated heterocycles. The van der Waals surface area contributed by atoms with Crippen LogP contribution in [0.1, 0.15) is 11.4 Å². The number of ether oxygens (including phenoxy) is 1. The van der Waals surface area contributed by atoms with Crippen LogP contribution in [0.15, 0.2) is 42.5 Å². The topological polar surface area (TPSA) is 92.4 Å². The van der Waals surface area contributed by atoms with E-state index in [0.29, 0.717) is 23.3 Å². The Bertz CT molecular complexity index is 1050. The highest BCUT2D eigenvalue weighted by Crippen LogP contribution is 2.25. The van der Waals surface area contributed by atoms with E-state index in [9.17, 15) is 0 Å². The van der Waals surface area contributed by atoms with Crippen molar-refractivity contribution in [3.05, 3.63) is 58.9 Å². The van der Waals surface area contributed by atoms with E-state index in [4.69, 9.17) is 22.1 Å². The largest absolute Gasteiger partial charge is 0.497 e. The molecule has 0 radical (unpaired) electrons. The molecule has 0 saturated carbocycles. The minimum absolute atomic E-state index is 0.196. The van der Waals surface area contributed by atoms with Crippen LogP contribution in [0.4, 0.5) is 23.3 Å². The molecule has 1 aliphatic rings. The number of nitrogens with two attached hydrogens (primary N) is 1. The first-order chi connectivity index (χ1) is 15.0. The molecule has 31 heavy (non-hydrogen) atoms. The molecule has 0 bridgehead atoms. The summed E-state index contributed by atoms with van der Waals surface area (Å²) < 4.78 is 5.34. The lowest BCUT2D eigenvalue weighted by Crippen LogP contribution is -2.46. The van der Waals surface area contributed by atoms with Gasteiger partial charge < -0.3 is 20.7 Å². The zero-order valence-corrected chi connectivity index (χ0v) is 18.4. The normalized spacial score (nSPS) is 14.5. The maximum Gasteiger partial charge on any atom is 0.232 e. The minimum atomic E-state index is 0.196. The predicted molar refractivity (Wildman–Crippen MR) is 124 cm³/mol. The first-order valence-electron chi connectivity index (χ1n) is 10.2. The van der Waals surface area contributed by atoms with Crippen molar-refractivity contribution in [1.82, 2.24) is 19.9 Å². The van der Waals surface area contributed by atoms with Crippen LogP contribution in [0.2, 0.25) is 5.02 Å². The van der Waals surface area contributed by atoms with Gasteiger partial charge in [-0.3, -0.25) is 4.90 Å². The van der Waals surface area contributed by atoms with Gasteiger partial charge in [-0.25, -0.2) is 0 Å². The number of nitrogens with zero attached hydrogens (tertiary/aromatic N) is 5. The first kappa shape index (κ1) is 21.1. The summed E-state index contributed by atoms with van der Waals surface area (Å²) in [6.45, 7) is 6.19. The second-order valence-electron chi connectivity index (χ2n) is 7.44. The van der Waals surface area contributed by atoms with E-state index in [1.165, 1.54) is 5.69 Å². The highest BCUT2D eigenvalue weighted by Gasteiger charge is 2.19.